The number of H-pyrrole nitrogens is 1. The van der Waals surface area contributed by atoms with Crippen LogP contribution in [-0.4, -0.2) is 23.0 Å². The molecular formula is C13H15N3O3. The van der Waals surface area contributed by atoms with Gasteiger partial charge < -0.3 is 15.2 Å². The molecule has 6 nitrogen and oxygen atoms in total. The van der Waals surface area contributed by atoms with Crippen LogP contribution in [0.1, 0.15) is 5.56 Å². The number of nitrogens with zero attached hydrogens (tertiary/aromatic N) is 1. The molecule has 0 saturated carbocycles. The minimum atomic E-state index is -0.104. The first-order valence-corrected chi connectivity index (χ1v) is 6.08. The second-order valence-corrected chi connectivity index (χ2v) is 4.39. The molecule has 0 aliphatic carbocycles. The molecule has 19 heavy (non-hydrogen) atoms. The highest BCUT2D eigenvalue weighted by molar-refractivity contribution is 5.66. The average molecular weight is 261 g/mol. The summed E-state index contributed by atoms with van der Waals surface area (Å²) < 4.78 is 12.4. The molecule has 2 aromatic rings. The number of rotatable bonds is 2. The lowest BCUT2D eigenvalue weighted by molar-refractivity contribution is 0.171. The first kappa shape index (κ1) is 11.9. The Balaban J connectivity index is 2.12. The number of hydrogen-bond acceptors (Lipinski definition) is 4. The Morgan fingerprint density at radius 3 is 2.79 bits per heavy atom. The third-order valence-corrected chi connectivity index (χ3v) is 3.18. The van der Waals surface area contributed by atoms with Gasteiger partial charge in [0.15, 0.2) is 11.5 Å². The first-order valence-electron chi connectivity index (χ1n) is 6.08. The van der Waals surface area contributed by atoms with Gasteiger partial charge in [0.2, 0.25) is 0 Å². The number of aromatic amines is 1. The fraction of sp³-hybridized carbons (Fsp3) is 0.308. The predicted molar refractivity (Wildman–Crippen MR) is 70.4 cm³/mol. The zero-order chi connectivity index (χ0) is 13.4. The molecule has 1 aliphatic rings. The lowest BCUT2D eigenvalue weighted by Gasteiger charge is -2.18. The van der Waals surface area contributed by atoms with Gasteiger partial charge in [-0.25, -0.2) is 0 Å². The largest absolute Gasteiger partial charge is 0.486 e. The van der Waals surface area contributed by atoms with E-state index in [2.05, 4.69) is 5.10 Å². The van der Waals surface area contributed by atoms with Crippen LogP contribution in [0.25, 0.3) is 11.3 Å². The Morgan fingerprint density at radius 1 is 1.32 bits per heavy atom. The van der Waals surface area contributed by atoms with Crippen molar-refractivity contribution < 1.29 is 9.47 Å². The molecule has 100 valence electrons. The van der Waals surface area contributed by atoms with Crippen LogP contribution >= 0.6 is 0 Å². The van der Waals surface area contributed by atoms with E-state index in [1.165, 1.54) is 4.68 Å². The summed E-state index contributed by atoms with van der Waals surface area (Å²) in [6.45, 7) is 1.29. The summed E-state index contributed by atoms with van der Waals surface area (Å²) in [6.07, 6.45) is 0. The van der Waals surface area contributed by atoms with Crippen molar-refractivity contribution in [2.45, 2.75) is 6.54 Å². The number of nitrogens with one attached hydrogen (secondary N) is 1. The third kappa shape index (κ3) is 1.90. The minimum Gasteiger partial charge on any atom is -0.486 e. The van der Waals surface area contributed by atoms with Gasteiger partial charge in [-0.1, -0.05) is 0 Å². The highest BCUT2D eigenvalue weighted by atomic mass is 16.6. The van der Waals surface area contributed by atoms with Gasteiger partial charge in [-0.05, 0) is 18.2 Å². The highest BCUT2D eigenvalue weighted by Gasteiger charge is 2.17. The monoisotopic (exact) mass is 261 g/mol. The molecular weight excluding hydrogens is 246 g/mol. The number of benzene rings is 1. The van der Waals surface area contributed by atoms with E-state index in [1.54, 1.807) is 7.05 Å². The maximum atomic E-state index is 11.9. The molecule has 1 aromatic carbocycles. The molecule has 0 radical (unpaired) electrons. The standard InChI is InChI=1S/C13H15N3O3/c1-16-13(17)9(7-14)12(15-16)8-2-3-10-11(6-8)19-5-4-18-10/h2-3,6,15H,4-5,7,14H2,1H3. The van der Waals surface area contributed by atoms with Gasteiger partial charge >= 0.3 is 0 Å². The van der Waals surface area contributed by atoms with E-state index < -0.39 is 0 Å². The van der Waals surface area contributed by atoms with Crippen molar-refractivity contribution in [2.75, 3.05) is 13.2 Å². The Bertz CT molecular complexity index is 672. The lowest BCUT2D eigenvalue weighted by Crippen LogP contribution is -2.17. The van der Waals surface area contributed by atoms with E-state index in [-0.39, 0.29) is 12.1 Å². The van der Waals surface area contributed by atoms with Gasteiger partial charge in [0, 0.05) is 19.2 Å². The van der Waals surface area contributed by atoms with Gasteiger partial charge in [-0.2, -0.15) is 0 Å². The maximum absolute atomic E-state index is 11.9. The lowest BCUT2D eigenvalue weighted by atomic mass is 10.1. The van der Waals surface area contributed by atoms with E-state index in [9.17, 15) is 4.79 Å². The van der Waals surface area contributed by atoms with Crippen LogP contribution < -0.4 is 20.8 Å². The van der Waals surface area contributed by atoms with E-state index in [0.717, 1.165) is 17.0 Å². The van der Waals surface area contributed by atoms with Gasteiger partial charge in [0.1, 0.15) is 13.2 Å². The van der Waals surface area contributed by atoms with Crippen molar-refractivity contribution >= 4 is 0 Å². The normalized spacial score (nSPS) is 13.6. The molecule has 1 aliphatic heterocycles. The third-order valence-electron chi connectivity index (χ3n) is 3.18. The maximum Gasteiger partial charge on any atom is 0.271 e. The number of nitrogens with two attached hydrogens (primary N) is 1. The summed E-state index contributed by atoms with van der Waals surface area (Å²) in [6, 6.07) is 5.59. The molecule has 6 heteroatoms. The summed E-state index contributed by atoms with van der Waals surface area (Å²) in [4.78, 5) is 11.9. The second-order valence-electron chi connectivity index (χ2n) is 4.39. The van der Waals surface area contributed by atoms with E-state index in [0.29, 0.717) is 24.5 Å². The van der Waals surface area contributed by atoms with Gasteiger partial charge in [0.05, 0.1) is 11.3 Å². The van der Waals surface area contributed by atoms with Crippen molar-refractivity contribution in [1.82, 2.24) is 9.78 Å². The van der Waals surface area contributed by atoms with E-state index in [4.69, 9.17) is 15.2 Å². The Hall–Kier alpha value is -2.21. The molecule has 0 atom stereocenters. The Kier molecular flexibility index (Phi) is 2.79. The van der Waals surface area contributed by atoms with Crippen molar-refractivity contribution in [3.05, 3.63) is 34.1 Å². The van der Waals surface area contributed by atoms with Crippen molar-refractivity contribution in [2.24, 2.45) is 12.8 Å². The van der Waals surface area contributed by atoms with E-state index in [1.807, 2.05) is 18.2 Å². The minimum absolute atomic E-state index is 0.104. The quantitative estimate of drug-likeness (QED) is 0.829. The topological polar surface area (TPSA) is 82.3 Å². The van der Waals surface area contributed by atoms with Crippen LogP contribution in [0.5, 0.6) is 11.5 Å². The SMILES string of the molecule is Cn1[nH]c(-c2ccc3c(c2)OCCO3)c(CN)c1=O. The van der Waals surface area contributed by atoms with Crippen LogP contribution in [0, 0.1) is 0 Å². The van der Waals surface area contributed by atoms with E-state index >= 15 is 0 Å². The van der Waals surface area contributed by atoms with Crippen molar-refractivity contribution in [3.8, 4) is 22.8 Å². The molecule has 0 unspecified atom stereocenters. The number of fused-ring (bicyclic) bond motifs is 1. The van der Waals surface area contributed by atoms with Crippen LogP contribution in [0.2, 0.25) is 0 Å². The fourth-order valence-electron chi connectivity index (χ4n) is 2.22. The molecule has 0 amide bonds. The summed E-state index contributed by atoms with van der Waals surface area (Å²) in [5, 5.41) is 3.01. The smallest absolute Gasteiger partial charge is 0.271 e. The summed E-state index contributed by atoms with van der Waals surface area (Å²) >= 11 is 0. The molecule has 0 saturated heterocycles. The average Bonchev–Trinajstić information content (AvgIpc) is 2.74. The second kappa shape index (κ2) is 4.47. The Labute approximate surface area is 109 Å². The molecule has 3 N–H and O–H groups in total. The van der Waals surface area contributed by atoms with Gasteiger partial charge in [-0.15, -0.1) is 0 Å². The summed E-state index contributed by atoms with van der Waals surface area (Å²) in [7, 11) is 1.67. The zero-order valence-corrected chi connectivity index (χ0v) is 10.6. The molecule has 3 rings (SSSR count). The predicted octanol–water partition coefficient (Wildman–Crippen LogP) is 0.610. The molecule has 1 aromatic heterocycles. The number of hydrogen-bond donors (Lipinski definition) is 2. The zero-order valence-electron chi connectivity index (χ0n) is 10.6. The summed E-state index contributed by atoms with van der Waals surface area (Å²) in [5.74, 6) is 1.42. The fourth-order valence-corrected chi connectivity index (χ4v) is 2.22. The van der Waals surface area contributed by atoms with Crippen LogP contribution in [0.3, 0.4) is 0 Å². The summed E-state index contributed by atoms with van der Waals surface area (Å²) in [5.41, 5.74) is 7.71. The molecule has 0 fully saturated rings. The first-order chi connectivity index (χ1) is 9.20. The molecule has 0 spiro atoms. The number of aryl methyl sites for hydroxylation is 1. The van der Waals surface area contributed by atoms with Crippen molar-refractivity contribution in [3.63, 3.8) is 0 Å². The van der Waals surface area contributed by atoms with Gasteiger partial charge in [-0.3, -0.25) is 14.6 Å². The van der Waals surface area contributed by atoms with Crippen LogP contribution in [-0.2, 0) is 13.6 Å². The molecule has 2 heterocycles. The van der Waals surface area contributed by atoms with Crippen LogP contribution in [0.4, 0.5) is 0 Å². The van der Waals surface area contributed by atoms with Crippen molar-refractivity contribution in [1.29, 1.82) is 0 Å². The molecule has 0 bridgehead atoms. The van der Waals surface area contributed by atoms with Gasteiger partial charge in [0.25, 0.3) is 5.56 Å². The number of aromatic nitrogens is 2. The number of ether oxygens (including phenoxy) is 2. The highest BCUT2D eigenvalue weighted by Crippen LogP contribution is 2.34. The van der Waals surface area contributed by atoms with Crippen LogP contribution in [0.15, 0.2) is 23.0 Å². The Morgan fingerprint density at radius 2 is 2.05 bits per heavy atom.